The second-order valence-corrected chi connectivity index (χ2v) is 3.99. The van der Waals surface area contributed by atoms with E-state index in [2.05, 4.69) is 10.3 Å². The summed E-state index contributed by atoms with van der Waals surface area (Å²) < 4.78 is 0. The van der Waals surface area contributed by atoms with E-state index in [0.29, 0.717) is 5.56 Å². The third-order valence-electron chi connectivity index (χ3n) is 2.69. The molecule has 2 N–H and O–H groups in total. The number of nitriles is 1. The van der Waals surface area contributed by atoms with Crippen molar-refractivity contribution in [2.45, 2.75) is 25.8 Å². The van der Waals surface area contributed by atoms with E-state index in [1.54, 1.807) is 6.92 Å². The molecule has 1 rings (SSSR count). The van der Waals surface area contributed by atoms with Gasteiger partial charge in [0.05, 0.1) is 5.56 Å². The summed E-state index contributed by atoms with van der Waals surface area (Å²) in [4.78, 5) is 26.6. The molecule has 1 unspecified atom stereocenters. The molecule has 0 saturated carbocycles. The molecule has 18 heavy (non-hydrogen) atoms. The number of nitrogens with one attached hydrogen (secondary N) is 1. The van der Waals surface area contributed by atoms with Gasteiger partial charge in [-0.15, -0.1) is 0 Å². The fraction of sp³-hybridized carbons (Fsp3) is 0.333. The molecular weight excluding hydrogens is 234 g/mol. The number of aromatic nitrogens is 1. The molecule has 94 valence electrons. The second-order valence-electron chi connectivity index (χ2n) is 3.99. The summed E-state index contributed by atoms with van der Waals surface area (Å²) in [5.41, 5.74) is -0.912. The van der Waals surface area contributed by atoms with Crippen LogP contribution in [-0.2, 0) is 4.79 Å². The van der Waals surface area contributed by atoms with Gasteiger partial charge >= 0.3 is 5.97 Å². The highest BCUT2D eigenvalue weighted by molar-refractivity contribution is 5.96. The van der Waals surface area contributed by atoms with Gasteiger partial charge in [0.25, 0.3) is 5.91 Å². The third kappa shape index (κ3) is 2.83. The quantitative estimate of drug-likeness (QED) is 0.824. The Bertz CT molecular complexity index is 504. The predicted molar refractivity (Wildman–Crippen MR) is 62.8 cm³/mol. The monoisotopic (exact) mass is 247 g/mol. The van der Waals surface area contributed by atoms with Gasteiger partial charge in [-0.2, -0.15) is 5.26 Å². The summed E-state index contributed by atoms with van der Waals surface area (Å²) in [6.45, 7) is 3.09. The van der Waals surface area contributed by atoms with Crippen LogP contribution in [0.1, 0.15) is 36.3 Å². The molecule has 1 atom stereocenters. The number of pyridine rings is 1. The smallest absolute Gasteiger partial charge is 0.329 e. The molecular formula is C12H13N3O3. The Kier molecular flexibility index (Phi) is 4.00. The van der Waals surface area contributed by atoms with Gasteiger partial charge in [0.2, 0.25) is 0 Å². The number of nitrogens with zero attached hydrogens (tertiary/aromatic N) is 2. The number of amides is 1. The lowest BCUT2D eigenvalue weighted by molar-refractivity contribution is -0.143. The first-order chi connectivity index (χ1) is 8.42. The maximum absolute atomic E-state index is 11.8. The minimum absolute atomic E-state index is 0.0786. The largest absolute Gasteiger partial charge is 0.480 e. The van der Waals surface area contributed by atoms with Crippen LogP contribution < -0.4 is 5.32 Å². The fourth-order valence-electron chi connectivity index (χ4n) is 1.20. The SMILES string of the molecule is CCC(C)(NC(=O)c1ccc(C#N)cn1)C(=O)O. The van der Waals surface area contributed by atoms with Crippen molar-refractivity contribution in [2.75, 3.05) is 0 Å². The molecule has 0 aliphatic heterocycles. The molecule has 0 aromatic carbocycles. The van der Waals surface area contributed by atoms with Gasteiger partial charge in [-0.05, 0) is 25.5 Å². The minimum Gasteiger partial charge on any atom is -0.480 e. The maximum atomic E-state index is 11.8. The summed E-state index contributed by atoms with van der Waals surface area (Å²) in [6.07, 6.45) is 1.52. The van der Waals surface area contributed by atoms with Gasteiger partial charge in [0, 0.05) is 6.20 Å². The minimum atomic E-state index is -1.33. The van der Waals surface area contributed by atoms with Crippen LogP contribution in [-0.4, -0.2) is 27.5 Å². The summed E-state index contributed by atoms with van der Waals surface area (Å²) in [5.74, 6) is -1.68. The van der Waals surface area contributed by atoms with Crippen LogP contribution in [0.25, 0.3) is 0 Å². The van der Waals surface area contributed by atoms with Crippen molar-refractivity contribution >= 4 is 11.9 Å². The van der Waals surface area contributed by atoms with E-state index in [1.807, 2.05) is 6.07 Å². The maximum Gasteiger partial charge on any atom is 0.329 e. The molecule has 0 saturated heterocycles. The molecule has 0 radical (unpaired) electrons. The number of carboxylic acids is 1. The molecule has 0 bridgehead atoms. The summed E-state index contributed by atoms with van der Waals surface area (Å²) in [7, 11) is 0. The summed E-state index contributed by atoms with van der Waals surface area (Å²) >= 11 is 0. The zero-order valence-electron chi connectivity index (χ0n) is 10.1. The number of carbonyl (C=O) groups excluding carboxylic acids is 1. The van der Waals surface area contributed by atoms with Crippen LogP contribution in [0.2, 0.25) is 0 Å². The number of carboxylic acid groups (broad SMARTS) is 1. The Morgan fingerprint density at radius 3 is 2.61 bits per heavy atom. The Hall–Kier alpha value is -2.42. The van der Waals surface area contributed by atoms with Gasteiger partial charge in [0.15, 0.2) is 0 Å². The van der Waals surface area contributed by atoms with Crippen molar-refractivity contribution in [3.63, 3.8) is 0 Å². The van der Waals surface area contributed by atoms with E-state index in [-0.39, 0.29) is 12.1 Å². The van der Waals surface area contributed by atoms with Crippen molar-refractivity contribution in [1.29, 1.82) is 5.26 Å². The number of aliphatic carboxylic acids is 1. The van der Waals surface area contributed by atoms with Gasteiger partial charge in [-0.1, -0.05) is 6.92 Å². The highest BCUT2D eigenvalue weighted by atomic mass is 16.4. The summed E-state index contributed by atoms with van der Waals surface area (Å²) in [5, 5.41) is 20.0. The normalized spacial score (nSPS) is 13.2. The number of hydrogen-bond donors (Lipinski definition) is 2. The van der Waals surface area contributed by atoms with Crippen LogP contribution in [0.5, 0.6) is 0 Å². The topological polar surface area (TPSA) is 103 Å². The number of hydrogen-bond acceptors (Lipinski definition) is 4. The van der Waals surface area contributed by atoms with Gasteiger partial charge in [-0.3, -0.25) is 4.79 Å². The first-order valence-corrected chi connectivity index (χ1v) is 5.35. The fourth-order valence-corrected chi connectivity index (χ4v) is 1.20. The van der Waals surface area contributed by atoms with Crippen molar-refractivity contribution in [1.82, 2.24) is 10.3 Å². The first-order valence-electron chi connectivity index (χ1n) is 5.35. The van der Waals surface area contributed by atoms with Gasteiger partial charge in [-0.25, -0.2) is 9.78 Å². The molecule has 0 aliphatic carbocycles. The van der Waals surface area contributed by atoms with Crippen LogP contribution in [0.15, 0.2) is 18.3 Å². The average molecular weight is 247 g/mol. The van der Waals surface area contributed by atoms with Crippen molar-refractivity contribution in [3.05, 3.63) is 29.6 Å². The molecule has 1 amide bonds. The van der Waals surface area contributed by atoms with E-state index in [4.69, 9.17) is 10.4 Å². The van der Waals surface area contributed by atoms with Crippen LogP contribution in [0.3, 0.4) is 0 Å². The lowest BCUT2D eigenvalue weighted by Crippen LogP contribution is -2.51. The number of carbonyl (C=O) groups is 2. The van der Waals surface area contributed by atoms with E-state index in [0.717, 1.165) is 0 Å². The molecule has 0 aliphatic rings. The molecule has 1 aromatic heterocycles. The highest BCUT2D eigenvalue weighted by Crippen LogP contribution is 2.10. The average Bonchev–Trinajstić information content (AvgIpc) is 2.38. The van der Waals surface area contributed by atoms with Crippen LogP contribution >= 0.6 is 0 Å². The standard InChI is InChI=1S/C12H13N3O3/c1-3-12(2,11(17)18)15-10(16)9-5-4-8(6-13)7-14-9/h4-5,7H,3H2,1-2H3,(H,15,16)(H,17,18). The zero-order chi connectivity index (χ0) is 13.8. The Morgan fingerprint density at radius 1 is 1.56 bits per heavy atom. The lowest BCUT2D eigenvalue weighted by Gasteiger charge is -2.24. The third-order valence-corrected chi connectivity index (χ3v) is 2.69. The molecule has 0 fully saturated rings. The molecule has 1 aromatic rings. The van der Waals surface area contributed by atoms with Crippen LogP contribution in [0, 0.1) is 11.3 Å². The highest BCUT2D eigenvalue weighted by Gasteiger charge is 2.33. The molecule has 0 spiro atoms. The molecule has 6 nitrogen and oxygen atoms in total. The number of rotatable bonds is 4. The Balaban J connectivity index is 2.88. The first kappa shape index (κ1) is 13.6. The van der Waals surface area contributed by atoms with E-state index in [9.17, 15) is 9.59 Å². The predicted octanol–water partition coefficient (Wildman–Crippen LogP) is 0.936. The van der Waals surface area contributed by atoms with Crippen molar-refractivity contribution < 1.29 is 14.7 Å². The van der Waals surface area contributed by atoms with E-state index >= 15 is 0 Å². The van der Waals surface area contributed by atoms with Crippen molar-refractivity contribution in [2.24, 2.45) is 0 Å². The van der Waals surface area contributed by atoms with Gasteiger partial charge < -0.3 is 10.4 Å². The Morgan fingerprint density at radius 2 is 2.22 bits per heavy atom. The van der Waals surface area contributed by atoms with E-state index in [1.165, 1.54) is 25.3 Å². The zero-order valence-corrected chi connectivity index (χ0v) is 10.1. The lowest BCUT2D eigenvalue weighted by atomic mass is 9.99. The van der Waals surface area contributed by atoms with Crippen LogP contribution in [0.4, 0.5) is 0 Å². The van der Waals surface area contributed by atoms with Gasteiger partial charge in [0.1, 0.15) is 17.3 Å². The molecule has 6 heteroatoms. The van der Waals surface area contributed by atoms with Crippen molar-refractivity contribution in [3.8, 4) is 6.07 Å². The second kappa shape index (κ2) is 5.27. The molecule has 1 heterocycles. The summed E-state index contributed by atoms with van der Waals surface area (Å²) in [6, 6.07) is 4.71. The van der Waals surface area contributed by atoms with E-state index < -0.39 is 17.4 Å². The Labute approximate surface area is 104 Å².